The minimum atomic E-state index is -4.38. The molecule has 0 radical (unpaired) electrons. The summed E-state index contributed by atoms with van der Waals surface area (Å²) < 4.78 is 38.6. The number of halogens is 3. The fourth-order valence-corrected chi connectivity index (χ4v) is 3.05. The van der Waals surface area contributed by atoms with Crippen LogP contribution in [0.15, 0.2) is 42.5 Å². The maximum absolute atomic E-state index is 12.9. The Hall–Kier alpha value is -2.70. The van der Waals surface area contributed by atoms with Crippen molar-refractivity contribution in [3.63, 3.8) is 0 Å². The number of amides is 1. The molecule has 7 heteroatoms. The number of hydrogen-bond acceptors (Lipinski definition) is 3. The largest absolute Gasteiger partial charge is 0.507 e. The molecule has 3 rings (SSSR count). The fraction of sp³-hybridized carbons (Fsp3) is 0.316. The number of aryl methyl sites for hydroxylation is 1. The van der Waals surface area contributed by atoms with E-state index >= 15 is 0 Å². The second-order valence-electron chi connectivity index (χ2n) is 6.30. The average molecular weight is 364 g/mol. The Morgan fingerprint density at radius 1 is 1.04 bits per heavy atom. The van der Waals surface area contributed by atoms with Crippen LogP contribution < -0.4 is 4.90 Å². The van der Waals surface area contributed by atoms with E-state index in [-0.39, 0.29) is 17.2 Å². The lowest BCUT2D eigenvalue weighted by Gasteiger charge is -2.36. The molecular weight excluding hydrogens is 345 g/mol. The molecule has 1 fully saturated rings. The average Bonchev–Trinajstić information content (AvgIpc) is 2.63. The van der Waals surface area contributed by atoms with Crippen LogP contribution in [0.1, 0.15) is 21.5 Å². The third-order valence-electron chi connectivity index (χ3n) is 4.57. The number of piperazine rings is 1. The molecule has 1 N–H and O–H groups in total. The molecule has 1 aliphatic heterocycles. The third kappa shape index (κ3) is 3.61. The van der Waals surface area contributed by atoms with Gasteiger partial charge in [-0.05, 0) is 36.8 Å². The molecule has 1 saturated heterocycles. The first kappa shape index (κ1) is 18.1. The van der Waals surface area contributed by atoms with Gasteiger partial charge >= 0.3 is 6.18 Å². The summed E-state index contributed by atoms with van der Waals surface area (Å²) in [5.41, 5.74) is 0.680. The summed E-state index contributed by atoms with van der Waals surface area (Å²) in [6.07, 6.45) is -4.38. The highest BCUT2D eigenvalue weighted by Gasteiger charge is 2.31. The molecule has 0 saturated carbocycles. The van der Waals surface area contributed by atoms with Crippen LogP contribution in [-0.2, 0) is 6.18 Å². The smallest absolute Gasteiger partial charge is 0.416 e. The Morgan fingerprint density at radius 2 is 1.69 bits per heavy atom. The minimum Gasteiger partial charge on any atom is -0.507 e. The number of phenolic OH excluding ortho intramolecular Hbond substituents is 1. The van der Waals surface area contributed by atoms with Crippen molar-refractivity contribution < 1.29 is 23.1 Å². The van der Waals surface area contributed by atoms with Crippen molar-refractivity contribution >= 4 is 11.6 Å². The Labute approximate surface area is 149 Å². The minimum absolute atomic E-state index is 0.0298. The first-order valence-corrected chi connectivity index (χ1v) is 8.27. The van der Waals surface area contributed by atoms with Gasteiger partial charge in [0, 0.05) is 31.9 Å². The predicted octanol–water partition coefficient (Wildman–Crippen LogP) is 3.68. The number of nitrogens with zero attached hydrogens (tertiary/aromatic N) is 2. The Morgan fingerprint density at radius 3 is 2.35 bits per heavy atom. The number of carbonyl (C=O) groups is 1. The number of hydrogen-bond donors (Lipinski definition) is 1. The lowest BCUT2D eigenvalue weighted by Crippen LogP contribution is -2.48. The molecule has 0 atom stereocenters. The van der Waals surface area contributed by atoms with Crippen molar-refractivity contribution in [3.05, 3.63) is 59.2 Å². The van der Waals surface area contributed by atoms with Crippen LogP contribution in [-0.4, -0.2) is 42.1 Å². The van der Waals surface area contributed by atoms with E-state index in [0.29, 0.717) is 37.4 Å². The van der Waals surface area contributed by atoms with Gasteiger partial charge in [-0.25, -0.2) is 0 Å². The molecule has 0 bridgehead atoms. The van der Waals surface area contributed by atoms with Gasteiger partial charge in [-0.2, -0.15) is 13.2 Å². The molecule has 26 heavy (non-hydrogen) atoms. The number of aromatic hydroxyl groups is 1. The Kier molecular flexibility index (Phi) is 4.80. The zero-order valence-corrected chi connectivity index (χ0v) is 14.3. The maximum Gasteiger partial charge on any atom is 0.416 e. The number of alkyl halides is 3. The Bertz CT molecular complexity index is 813. The van der Waals surface area contributed by atoms with E-state index in [9.17, 15) is 23.1 Å². The first-order valence-electron chi connectivity index (χ1n) is 8.27. The van der Waals surface area contributed by atoms with Crippen molar-refractivity contribution in [2.75, 3.05) is 31.1 Å². The normalized spacial score (nSPS) is 15.2. The summed E-state index contributed by atoms with van der Waals surface area (Å²) in [5, 5.41) is 10.1. The summed E-state index contributed by atoms with van der Waals surface area (Å²) in [4.78, 5) is 16.0. The molecule has 2 aromatic rings. The van der Waals surface area contributed by atoms with Crippen molar-refractivity contribution in [3.8, 4) is 5.75 Å². The van der Waals surface area contributed by atoms with Gasteiger partial charge in [-0.1, -0.05) is 18.2 Å². The summed E-state index contributed by atoms with van der Waals surface area (Å²) in [6.45, 7) is 3.34. The number of anilines is 1. The van der Waals surface area contributed by atoms with E-state index in [0.717, 1.165) is 12.1 Å². The summed E-state index contributed by atoms with van der Waals surface area (Å²) >= 11 is 0. The van der Waals surface area contributed by atoms with Crippen LogP contribution in [0.5, 0.6) is 5.75 Å². The van der Waals surface area contributed by atoms with Gasteiger partial charge < -0.3 is 14.9 Å². The lowest BCUT2D eigenvalue weighted by molar-refractivity contribution is -0.137. The van der Waals surface area contributed by atoms with Crippen LogP contribution in [0, 0.1) is 6.92 Å². The van der Waals surface area contributed by atoms with Gasteiger partial charge in [0.25, 0.3) is 5.91 Å². The van der Waals surface area contributed by atoms with E-state index in [1.807, 2.05) is 4.90 Å². The SMILES string of the molecule is Cc1cccc(C(=O)N2CCN(c3cccc(C(F)(F)F)c3)CC2)c1O. The molecule has 0 unspecified atom stereocenters. The summed E-state index contributed by atoms with van der Waals surface area (Å²) in [5.74, 6) is -0.298. The highest BCUT2D eigenvalue weighted by atomic mass is 19.4. The topological polar surface area (TPSA) is 43.8 Å². The van der Waals surface area contributed by atoms with Crippen molar-refractivity contribution in [2.24, 2.45) is 0 Å². The van der Waals surface area contributed by atoms with Gasteiger partial charge in [-0.3, -0.25) is 4.79 Å². The monoisotopic (exact) mass is 364 g/mol. The zero-order valence-electron chi connectivity index (χ0n) is 14.3. The van der Waals surface area contributed by atoms with Crippen molar-refractivity contribution in [2.45, 2.75) is 13.1 Å². The second-order valence-corrected chi connectivity index (χ2v) is 6.30. The number of carbonyl (C=O) groups excluding carboxylic acids is 1. The molecule has 0 aliphatic carbocycles. The van der Waals surface area contributed by atoms with Gasteiger partial charge in [0.1, 0.15) is 5.75 Å². The van der Waals surface area contributed by atoms with Crippen LogP contribution >= 0.6 is 0 Å². The standard InChI is InChI=1S/C19H19F3N2O2/c1-13-4-2-7-16(17(13)25)18(26)24-10-8-23(9-11-24)15-6-3-5-14(12-15)19(20,21)22/h2-7,12,25H,8-11H2,1H3. The van der Waals surface area contributed by atoms with Crippen LogP contribution in [0.4, 0.5) is 18.9 Å². The van der Waals surface area contributed by atoms with Crippen LogP contribution in [0.2, 0.25) is 0 Å². The Balaban J connectivity index is 1.70. The molecule has 1 heterocycles. The second kappa shape index (κ2) is 6.90. The van der Waals surface area contributed by atoms with Gasteiger partial charge in [0.2, 0.25) is 0 Å². The maximum atomic E-state index is 12.9. The van der Waals surface area contributed by atoms with Gasteiger partial charge in [-0.15, -0.1) is 0 Å². The number of benzene rings is 2. The van der Waals surface area contributed by atoms with Gasteiger partial charge in [0.05, 0.1) is 11.1 Å². The number of para-hydroxylation sites is 1. The third-order valence-corrected chi connectivity index (χ3v) is 4.57. The van der Waals surface area contributed by atoms with Crippen molar-refractivity contribution in [1.29, 1.82) is 0 Å². The highest BCUT2D eigenvalue weighted by molar-refractivity contribution is 5.97. The highest BCUT2D eigenvalue weighted by Crippen LogP contribution is 2.32. The quantitative estimate of drug-likeness (QED) is 0.884. The molecule has 1 amide bonds. The first-order chi connectivity index (χ1) is 12.3. The van der Waals surface area contributed by atoms with E-state index in [1.54, 1.807) is 36.1 Å². The lowest BCUT2D eigenvalue weighted by atomic mass is 10.1. The number of phenols is 1. The molecule has 0 spiro atoms. The molecule has 1 aliphatic rings. The predicted molar refractivity (Wildman–Crippen MR) is 92.4 cm³/mol. The molecular formula is C19H19F3N2O2. The van der Waals surface area contributed by atoms with Crippen LogP contribution in [0.3, 0.4) is 0 Å². The van der Waals surface area contributed by atoms with E-state index < -0.39 is 11.7 Å². The summed E-state index contributed by atoms with van der Waals surface area (Å²) in [6, 6.07) is 10.2. The number of rotatable bonds is 2. The molecule has 2 aromatic carbocycles. The van der Waals surface area contributed by atoms with Crippen molar-refractivity contribution in [1.82, 2.24) is 4.90 Å². The van der Waals surface area contributed by atoms with E-state index in [2.05, 4.69) is 0 Å². The van der Waals surface area contributed by atoms with E-state index in [4.69, 9.17) is 0 Å². The fourth-order valence-electron chi connectivity index (χ4n) is 3.05. The molecule has 0 aromatic heterocycles. The van der Waals surface area contributed by atoms with Gasteiger partial charge in [0.15, 0.2) is 0 Å². The molecule has 138 valence electrons. The zero-order chi connectivity index (χ0) is 18.9. The molecule has 4 nitrogen and oxygen atoms in total. The van der Waals surface area contributed by atoms with E-state index in [1.165, 1.54) is 6.07 Å². The van der Waals surface area contributed by atoms with Crippen LogP contribution in [0.25, 0.3) is 0 Å². The summed E-state index contributed by atoms with van der Waals surface area (Å²) in [7, 11) is 0.